The molecule has 0 aliphatic carbocycles. The van der Waals surface area contributed by atoms with Crippen LogP contribution in [0.1, 0.15) is 26.2 Å². The summed E-state index contributed by atoms with van der Waals surface area (Å²) in [5.74, 6) is 1.20. The van der Waals surface area contributed by atoms with E-state index in [4.69, 9.17) is 5.73 Å². The first-order valence-corrected chi connectivity index (χ1v) is 6.99. The van der Waals surface area contributed by atoms with Crippen LogP contribution >= 0.6 is 0 Å². The molecular formula is C13H20N6O. The number of nitrogen functional groups attached to an aromatic ring is 1. The highest BCUT2D eigenvalue weighted by molar-refractivity contribution is 5.55. The topological polar surface area (TPSA) is 92.6 Å². The maximum Gasteiger partial charge on any atom is 0.209 e. The van der Waals surface area contributed by atoms with E-state index in [0.29, 0.717) is 11.6 Å². The lowest BCUT2D eigenvalue weighted by molar-refractivity contribution is 0.101. The van der Waals surface area contributed by atoms with Gasteiger partial charge < -0.3 is 15.7 Å². The van der Waals surface area contributed by atoms with Gasteiger partial charge in [0.25, 0.3) is 0 Å². The SMILES string of the molecule is CCC1(CO)CCCN(c2cc3nncn3c(N)n2)C1. The maximum atomic E-state index is 9.70. The van der Waals surface area contributed by atoms with E-state index >= 15 is 0 Å². The highest BCUT2D eigenvalue weighted by Gasteiger charge is 2.34. The van der Waals surface area contributed by atoms with Crippen LogP contribution in [0.5, 0.6) is 0 Å². The molecule has 1 aliphatic rings. The van der Waals surface area contributed by atoms with Gasteiger partial charge in [0.1, 0.15) is 12.1 Å². The average molecular weight is 276 g/mol. The summed E-state index contributed by atoms with van der Waals surface area (Å²) in [5, 5.41) is 17.6. The second kappa shape index (κ2) is 4.90. The molecule has 2 aromatic heterocycles. The van der Waals surface area contributed by atoms with Crippen LogP contribution in [0.4, 0.5) is 11.8 Å². The highest BCUT2D eigenvalue weighted by atomic mass is 16.3. The number of aromatic nitrogens is 4. The number of anilines is 2. The lowest BCUT2D eigenvalue weighted by atomic mass is 9.78. The molecule has 1 unspecified atom stereocenters. The van der Waals surface area contributed by atoms with Crippen LogP contribution in [-0.2, 0) is 0 Å². The first kappa shape index (κ1) is 13.1. The summed E-state index contributed by atoms with van der Waals surface area (Å²) < 4.78 is 1.66. The predicted octanol–water partition coefficient (Wildman–Crippen LogP) is 0.695. The molecule has 0 radical (unpaired) electrons. The molecule has 1 aliphatic heterocycles. The molecule has 0 amide bonds. The van der Waals surface area contributed by atoms with Crippen LogP contribution in [0.2, 0.25) is 0 Å². The van der Waals surface area contributed by atoms with Gasteiger partial charge in [0.05, 0.1) is 6.61 Å². The number of aliphatic hydroxyl groups excluding tert-OH is 1. The van der Waals surface area contributed by atoms with Crippen molar-refractivity contribution in [2.24, 2.45) is 5.41 Å². The van der Waals surface area contributed by atoms with Crippen molar-refractivity contribution in [3.63, 3.8) is 0 Å². The van der Waals surface area contributed by atoms with Gasteiger partial charge in [-0.2, -0.15) is 4.98 Å². The fourth-order valence-electron chi connectivity index (χ4n) is 2.93. The molecule has 0 bridgehead atoms. The average Bonchev–Trinajstić information content (AvgIpc) is 2.96. The van der Waals surface area contributed by atoms with Crippen molar-refractivity contribution >= 4 is 17.4 Å². The monoisotopic (exact) mass is 276 g/mol. The number of fused-ring (bicyclic) bond motifs is 1. The molecule has 1 fully saturated rings. The van der Waals surface area contributed by atoms with Gasteiger partial charge in [-0.25, -0.2) is 0 Å². The normalized spacial score (nSPS) is 23.4. The molecule has 108 valence electrons. The van der Waals surface area contributed by atoms with Crippen molar-refractivity contribution in [1.29, 1.82) is 0 Å². The Balaban J connectivity index is 1.94. The van der Waals surface area contributed by atoms with E-state index in [1.54, 1.807) is 10.7 Å². The standard InChI is InChI=1S/C13H20N6O/c1-2-13(8-20)4-3-5-18(7-13)10-6-11-17-15-9-19(11)12(14)16-10/h6,9,20H,2-5,7-8H2,1H3,(H2,14,16). The Hall–Kier alpha value is -1.89. The third kappa shape index (κ3) is 2.07. The number of hydrogen-bond donors (Lipinski definition) is 2. The quantitative estimate of drug-likeness (QED) is 0.857. The van der Waals surface area contributed by atoms with Crippen molar-refractivity contribution in [3.05, 3.63) is 12.4 Å². The lowest BCUT2D eigenvalue weighted by Crippen LogP contribution is -2.45. The fourth-order valence-corrected chi connectivity index (χ4v) is 2.93. The van der Waals surface area contributed by atoms with Crippen LogP contribution in [0.3, 0.4) is 0 Å². The van der Waals surface area contributed by atoms with Gasteiger partial charge in [0, 0.05) is 24.6 Å². The zero-order valence-electron chi connectivity index (χ0n) is 11.7. The summed E-state index contributed by atoms with van der Waals surface area (Å²) in [4.78, 5) is 6.63. The van der Waals surface area contributed by atoms with Gasteiger partial charge in [0.15, 0.2) is 5.65 Å². The molecule has 7 heteroatoms. The summed E-state index contributed by atoms with van der Waals surface area (Å²) >= 11 is 0. The van der Waals surface area contributed by atoms with Crippen LogP contribution in [0.25, 0.3) is 5.65 Å². The van der Waals surface area contributed by atoms with Crippen molar-refractivity contribution in [2.45, 2.75) is 26.2 Å². The number of nitrogens with two attached hydrogens (primary N) is 1. The molecule has 0 saturated carbocycles. The lowest BCUT2D eigenvalue weighted by Gasteiger charge is -2.41. The Bertz CT molecular complexity index is 606. The Morgan fingerprint density at radius 3 is 3.10 bits per heavy atom. The second-order valence-corrected chi connectivity index (χ2v) is 5.57. The predicted molar refractivity (Wildman–Crippen MR) is 76.5 cm³/mol. The van der Waals surface area contributed by atoms with E-state index in [-0.39, 0.29) is 12.0 Å². The first-order chi connectivity index (χ1) is 9.67. The van der Waals surface area contributed by atoms with Crippen molar-refractivity contribution in [2.75, 3.05) is 30.3 Å². The molecule has 3 N–H and O–H groups in total. The fraction of sp³-hybridized carbons (Fsp3) is 0.615. The number of nitrogens with zero attached hydrogens (tertiary/aromatic N) is 5. The minimum absolute atomic E-state index is 0.0332. The first-order valence-electron chi connectivity index (χ1n) is 6.99. The smallest absolute Gasteiger partial charge is 0.209 e. The Kier molecular flexibility index (Phi) is 3.21. The van der Waals surface area contributed by atoms with E-state index in [1.807, 2.05) is 6.07 Å². The second-order valence-electron chi connectivity index (χ2n) is 5.57. The van der Waals surface area contributed by atoms with E-state index < -0.39 is 0 Å². The largest absolute Gasteiger partial charge is 0.396 e. The van der Waals surface area contributed by atoms with Crippen LogP contribution in [0, 0.1) is 5.41 Å². The number of piperidine rings is 1. The molecular weight excluding hydrogens is 256 g/mol. The molecule has 1 atom stereocenters. The summed E-state index contributed by atoms with van der Waals surface area (Å²) in [6, 6.07) is 1.90. The van der Waals surface area contributed by atoms with Gasteiger partial charge in [-0.15, -0.1) is 10.2 Å². The van der Waals surface area contributed by atoms with Gasteiger partial charge in [-0.1, -0.05) is 6.92 Å². The van der Waals surface area contributed by atoms with Gasteiger partial charge in [-0.3, -0.25) is 4.40 Å². The van der Waals surface area contributed by atoms with E-state index in [9.17, 15) is 5.11 Å². The summed E-state index contributed by atoms with van der Waals surface area (Å²) in [5.41, 5.74) is 6.60. The Morgan fingerprint density at radius 1 is 1.50 bits per heavy atom. The third-order valence-corrected chi connectivity index (χ3v) is 4.38. The van der Waals surface area contributed by atoms with E-state index in [2.05, 4.69) is 27.0 Å². The minimum atomic E-state index is -0.0332. The van der Waals surface area contributed by atoms with Gasteiger partial charge in [0.2, 0.25) is 5.95 Å². The number of aliphatic hydroxyl groups is 1. The summed E-state index contributed by atoms with van der Waals surface area (Å²) in [6.07, 6.45) is 4.62. The van der Waals surface area contributed by atoms with Gasteiger partial charge >= 0.3 is 0 Å². The van der Waals surface area contributed by atoms with Crippen LogP contribution in [-0.4, -0.2) is 44.4 Å². The van der Waals surface area contributed by atoms with E-state index in [0.717, 1.165) is 38.2 Å². The molecule has 0 spiro atoms. The maximum absolute atomic E-state index is 9.70. The van der Waals surface area contributed by atoms with Crippen LogP contribution < -0.4 is 10.6 Å². The van der Waals surface area contributed by atoms with Gasteiger partial charge in [-0.05, 0) is 19.3 Å². The zero-order chi connectivity index (χ0) is 14.2. The molecule has 2 aromatic rings. The number of rotatable bonds is 3. The number of hydrogen-bond acceptors (Lipinski definition) is 6. The summed E-state index contributed by atoms with van der Waals surface area (Å²) in [6.45, 7) is 4.07. The molecule has 3 rings (SSSR count). The van der Waals surface area contributed by atoms with Crippen molar-refractivity contribution < 1.29 is 5.11 Å². The summed E-state index contributed by atoms with van der Waals surface area (Å²) in [7, 11) is 0. The highest BCUT2D eigenvalue weighted by Crippen LogP contribution is 2.34. The molecule has 1 saturated heterocycles. The van der Waals surface area contributed by atoms with Crippen molar-refractivity contribution in [3.8, 4) is 0 Å². The molecule has 0 aromatic carbocycles. The Labute approximate surface area is 117 Å². The van der Waals surface area contributed by atoms with Crippen molar-refractivity contribution in [1.82, 2.24) is 19.6 Å². The molecule has 7 nitrogen and oxygen atoms in total. The zero-order valence-corrected chi connectivity index (χ0v) is 11.7. The molecule has 20 heavy (non-hydrogen) atoms. The third-order valence-electron chi connectivity index (χ3n) is 4.38. The van der Waals surface area contributed by atoms with E-state index in [1.165, 1.54) is 0 Å². The molecule has 3 heterocycles. The Morgan fingerprint density at radius 2 is 2.35 bits per heavy atom. The van der Waals surface area contributed by atoms with Crippen LogP contribution in [0.15, 0.2) is 12.4 Å². The minimum Gasteiger partial charge on any atom is -0.396 e.